The van der Waals surface area contributed by atoms with E-state index in [0.717, 1.165) is 16.8 Å². The first-order valence-electron chi connectivity index (χ1n) is 6.78. The zero-order valence-corrected chi connectivity index (χ0v) is 11.6. The van der Waals surface area contributed by atoms with Gasteiger partial charge in [0.05, 0.1) is 5.56 Å². The summed E-state index contributed by atoms with van der Waals surface area (Å²) in [5, 5.41) is 2.76. The van der Waals surface area contributed by atoms with Crippen LogP contribution in [0.5, 0.6) is 0 Å². The minimum absolute atomic E-state index is 0.0221. The zero-order chi connectivity index (χ0) is 15.0. The molecule has 3 rings (SSSR count). The van der Waals surface area contributed by atoms with Gasteiger partial charge < -0.3 is 5.32 Å². The summed E-state index contributed by atoms with van der Waals surface area (Å²) in [6.07, 6.45) is 1.00. The van der Waals surface area contributed by atoms with E-state index in [-0.39, 0.29) is 17.3 Å². The first kappa shape index (κ1) is 13.5. The summed E-state index contributed by atoms with van der Waals surface area (Å²) in [5.74, 6) is -0.871. The highest BCUT2D eigenvalue weighted by atomic mass is 19.1. The summed E-state index contributed by atoms with van der Waals surface area (Å²) in [5.41, 5.74) is 2.92. The molecule has 106 valence electrons. The van der Waals surface area contributed by atoms with Gasteiger partial charge in [-0.3, -0.25) is 9.59 Å². The van der Waals surface area contributed by atoms with Crippen molar-refractivity contribution in [3.63, 3.8) is 0 Å². The number of anilines is 1. The van der Waals surface area contributed by atoms with Crippen molar-refractivity contribution in [3.8, 4) is 0 Å². The summed E-state index contributed by atoms with van der Waals surface area (Å²) >= 11 is 0. The first-order valence-corrected chi connectivity index (χ1v) is 6.78. The van der Waals surface area contributed by atoms with Crippen LogP contribution in [0.25, 0.3) is 0 Å². The number of halogens is 1. The lowest BCUT2D eigenvalue weighted by molar-refractivity contribution is -0.116. The lowest BCUT2D eigenvalue weighted by Gasteiger charge is -2.17. The molecule has 0 aliphatic carbocycles. The smallest absolute Gasteiger partial charge is 0.224 e. The first-order chi connectivity index (χ1) is 10.0. The van der Waals surface area contributed by atoms with Crippen LogP contribution in [0.4, 0.5) is 10.1 Å². The fourth-order valence-electron chi connectivity index (χ4n) is 2.48. The van der Waals surface area contributed by atoms with Crippen LogP contribution in [0.15, 0.2) is 36.4 Å². The van der Waals surface area contributed by atoms with Crippen LogP contribution in [0.2, 0.25) is 0 Å². The molecule has 0 radical (unpaired) electrons. The Morgan fingerprint density at radius 3 is 2.71 bits per heavy atom. The third-order valence-corrected chi connectivity index (χ3v) is 3.63. The van der Waals surface area contributed by atoms with Crippen LogP contribution >= 0.6 is 0 Å². The van der Waals surface area contributed by atoms with Crippen molar-refractivity contribution in [2.45, 2.75) is 19.8 Å². The van der Waals surface area contributed by atoms with Crippen LogP contribution in [-0.2, 0) is 11.2 Å². The fraction of sp³-hybridized carbons (Fsp3) is 0.176. The molecule has 0 fully saturated rings. The lowest BCUT2D eigenvalue weighted by atomic mass is 9.96. The molecular weight excluding hydrogens is 269 g/mol. The maximum absolute atomic E-state index is 13.9. The van der Waals surface area contributed by atoms with E-state index in [1.807, 2.05) is 0 Å². The summed E-state index contributed by atoms with van der Waals surface area (Å²) in [7, 11) is 0. The molecule has 0 aromatic heterocycles. The van der Waals surface area contributed by atoms with E-state index in [1.165, 1.54) is 12.1 Å². The molecule has 2 aromatic rings. The van der Waals surface area contributed by atoms with Crippen molar-refractivity contribution in [1.29, 1.82) is 0 Å². The number of aryl methyl sites for hydroxylation is 2. The summed E-state index contributed by atoms with van der Waals surface area (Å²) < 4.78 is 13.9. The third-order valence-electron chi connectivity index (χ3n) is 3.63. The van der Waals surface area contributed by atoms with Crippen molar-refractivity contribution in [2.24, 2.45) is 0 Å². The van der Waals surface area contributed by atoms with E-state index in [4.69, 9.17) is 0 Å². The van der Waals surface area contributed by atoms with E-state index < -0.39 is 5.82 Å². The molecule has 0 atom stereocenters. The normalized spacial score (nSPS) is 13.5. The van der Waals surface area contributed by atoms with Crippen LogP contribution in [-0.4, -0.2) is 11.7 Å². The van der Waals surface area contributed by atoms with Crippen LogP contribution < -0.4 is 5.32 Å². The second-order valence-electron chi connectivity index (χ2n) is 5.23. The van der Waals surface area contributed by atoms with Gasteiger partial charge in [-0.25, -0.2) is 4.39 Å². The molecule has 2 aromatic carbocycles. The van der Waals surface area contributed by atoms with Gasteiger partial charge in [0, 0.05) is 17.7 Å². The van der Waals surface area contributed by atoms with Gasteiger partial charge in [0.2, 0.25) is 5.91 Å². The molecule has 0 bridgehead atoms. The average Bonchev–Trinajstić information content (AvgIpc) is 2.46. The predicted molar refractivity (Wildman–Crippen MR) is 78.0 cm³/mol. The quantitative estimate of drug-likeness (QED) is 0.860. The molecule has 1 aliphatic rings. The van der Waals surface area contributed by atoms with Crippen molar-refractivity contribution in [1.82, 2.24) is 0 Å². The Morgan fingerprint density at radius 1 is 1.14 bits per heavy atom. The number of rotatable bonds is 2. The number of hydrogen-bond donors (Lipinski definition) is 1. The summed E-state index contributed by atoms with van der Waals surface area (Å²) in [6.45, 7) is 1.78. The largest absolute Gasteiger partial charge is 0.326 e. The van der Waals surface area contributed by atoms with Gasteiger partial charge in [-0.05, 0) is 54.8 Å². The Labute approximate surface area is 121 Å². The summed E-state index contributed by atoms with van der Waals surface area (Å²) in [6, 6.07) is 9.63. The maximum atomic E-state index is 13.9. The SMILES string of the molecule is Cc1ccc(C(=O)c2ccc3c(c2)CCC(=O)N3)c(F)c1. The second-order valence-corrected chi connectivity index (χ2v) is 5.23. The van der Waals surface area contributed by atoms with Gasteiger partial charge >= 0.3 is 0 Å². The maximum Gasteiger partial charge on any atom is 0.224 e. The van der Waals surface area contributed by atoms with E-state index in [2.05, 4.69) is 5.32 Å². The highest BCUT2D eigenvalue weighted by molar-refractivity contribution is 6.09. The minimum Gasteiger partial charge on any atom is -0.326 e. The van der Waals surface area contributed by atoms with Crippen molar-refractivity contribution < 1.29 is 14.0 Å². The highest BCUT2D eigenvalue weighted by Crippen LogP contribution is 2.25. The zero-order valence-electron chi connectivity index (χ0n) is 11.6. The van der Waals surface area contributed by atoms with Crippen molar-refractivity contribution in [3.05, 3.63) is 64.5 Å². The number of benzene rings is 2. The standard InChI is InChI=1S/C17H14FNO2/c1-10-2-5-13(14(18)8-10)17(21)12-3-6-15-11(9-12)4-7-16(20)19-15/h2-3,5-6,8-9H,4,7H2,1H3,(H,19,20). The van der Waals surface area contributed by atoms with Gasteiger partial charge in [0.15, 0.2) is 5.78 Å². The molecular formula is C17H14FNO2. The molecule has 21 heavy (non-hydrogen) atoms. The summed E-state index contributed by atoms with van der Waals surface area (Å²) in [4.78, 5) is 23.7. The Kier molecular flexibility index (Phi) is 3.29. The van der Waals surface area contributed by atoms with Crippen LogP contribution in [0.1, 0.15) is 33.5 Å². The Hall–Kier alpha value is -2.49. The number of carbonyl (C=O) groups excluding carboxylic acids is 2. The molecule has 1 heterocycles. The van der Waals surface area contributed by atoms with Crippen molar-refractivity contribution in [2.75, 3.05) is 5.32 Å². The second kappa shape index (κ2) is 5.13. The van der Waals surface area contributed by atoms with E-state index in [0.29, 0.717) is 18.4 Å². The molecule has 0 saturated carbocycles. The molecule has 1 aliphatic heterocycles. The van der Waals surface area contributed by atoms with Crippen LogP contribution in [0.3, 0.4) is 0 Å². The van der Waals surface area contributed by atoms with Gasteiger partial charge in [0.25, 0.3) is 0 Å². The Morgan fingerprint density at radius 2 is 1.95 bits per heavy atom. The Balaban J connectivity index is 1.97. The molecule has 1 amide bonds. The average molecular weight is 283 g/mol. The van der Waals surface area contributed by atoms with Crippen molar-refractivity contribution >= 4 is 17.4 Å². The number of amides is 1. The van der Waals surface area contributed by atoms with Gasteiger partial charge in [-0.1, -0.05) is 6.07 Å². The van der Waals surface area contributed by atoms with Gasteiger partial charge in [-0.15, -0.1) is 0 Å². The molecule has 0 saturated heterocycles. The number of carbonyl (C=O) groups is 2. The van der Waals surface area contributed by atoms with E-state index >= 15 is 0 Å². The fourth-order valence-corrected chi connectivity index (χ4v) is 2.48. The molecule has 0 unspecified atom stereocenters. The molecule has 4 heteroatoms. The van der Waals surface area contributed by atoms with Gasteiger partial charge in [-0.2, -0.15) is 0 Å². The predicted octanol–water partition coefficient (Wildman–Crippen LogP) is 3.25. The topological polar surface area (TPSA) is 46.2 Å². The molecule has 0 spiro atoms. The minimum atomic E-state index is -0.508. The Bertz CT molecular complexity index is 752. The lowest BCUT2D eigenvalue weighted by Crippen LogP contribution is -2.19. The van der Waals surface area contributed by atoms with Gasteiger partial charge in [0.1, 0.15) is 5.82 Å². The van der Waals surface area contributed by atoms with Crippen LogP contribution in [0, 0.1) is 12.7 Å². The number of fused-ring (bicyclic) bond motifs is 1. The van der Waals surface area contributed by atoms with E-state index in [9.17, 15) is 14.0 Å². The number of hydrogen-bond acceptors (Lipinski definition) is 2. The van der Waals surface area contributed by atoms with E-state index in [1.54, 1.807) is 31.2 Å². The highest BCUT2D eigenvalue weighted by Gasteiger charge is 2.19. The molecule has 3 nitrogen and oxygen atoms in total. The molecule has 1 N–H and O–H groups in total. The number of nitrogens with one attached hydrogen (secondary N) is 1. The number of ketones is 1. The third kappa shape index (κ3) is 2.57. The monoisotopic (exact) mass is 283 g/mol.